The number of nitriles is 1. The molecule has 3 N–H and O–H groups in total. The Morgan fingerprint density at radius 1 is 1.75 bits per heavy atom. The zero-order valence-corrected chi connectivity index (χ0v) is 8.03. The number of nitrogens with two attached hydrogens (primary N) is 1. The normalized spacial score (nSPS) is 11.5. The van der Waals surface area contributed by atoms with Crippen molar-refractivity contribution in [3.8, 4) is 6.07 Å². The molecule has 1 aromatic heterocycles. The Labute approximate surface area is 89.8 Å². The number of hydrogen-bond donors (Lipinski definition) is 2. The van der Waals surface area contributed by atoms with Gasteiger partial charge in [0.15, 0.2) is 6.07 Å². The standard InChI is InChI=1S/C8H8N4O4/c9-2-7(13)16-12-3-5(11-4-12)1-6(10)8(14)15/h3-4,6H,1,10H2,(H,14,15)/t6-/m0/s1. The van der Waals surface area contributed by atoms with Crippen molar-refractivity contribution in [1.82, 2.24) is 9.71 Å². The number of carbonyl (C=O) groups is 2. The van der Waals surface area contributed by atoms with Gasteiger partial charge < -0.3 is 15.7 Å². The molecule has 8 heteroatoms. The van der Waals surface area contributed by atoms with Crippen LogP contribution in [0.2, 0.25) is 0 Å². The summed E-state index contributed by atoms with van der Waals surface area (Å²) >= 11 is 0. The van der Waals surface area contributed by atoms with Gasteiger partial charge in [0.05, 0.1) is 11.9 Å². The minimum absolute atomic E-state index is 0.00639. The molecule has 1 aromatic rings. The Hall–Kier alpha value is -2.40. The Morgan fingerprint density at radius 3 is 3.00 bits per heavy atom. The fraction of sp³-hybridized carbons (Fsp3) is 0.250. The number of carboxylic acid groups (broad SMARTS) is 1. The lowest BCUT2D eigenvalue weighted by Crippen LogP contribution is -2.32. The molecule has 1 heterocycles. The molecule has 0 radical (unpaired) electrons. The summed E-state index contributed by atoms with van der Waals surface area (Å²) in [7, 11) is 0. The molecule has 1 rings (SSSR count). The van der Waals surface area contributed by atoms with Gasteiger partial charge in [-0.25, -0.2) is 9.78 Å². The average molecular weight is 224 g/mol. The van der Waals surface area contributed by atoms with Crippen LogP contribution in [0.5, 0.6) is 0 Å². The van der Waals surface area contributed by atoms with Crippen LogP contribution in [0.15, 0.2) is 12.5 Å². The summed E-state index contributed by atoms with van der Waals surface area (Å²) in [5.74, 6) is -2.24. The van der Waals surface area contributed by atoms with Crippen molar-refractivity contribution < 1.29 is 19.5 Å². The third-order valence-corrected chi connectivity index (χ3v) is 1.64. The van der Waals surface area contributed by atoms with E-state index in [0.717, 1.165) is 11.1 Å². The summed E-state index contributed by atoms with van der Waals surface area (Å²) in [6.07, 6.45) is 2.42. The lowest BCUT2D eigenvalue weighted by molar-refractivity contribution is -0.139. The summed E-state index contributed by atoms with van der Waals surface area (Å²) in [5, 5.41) is 16.7. The molecule has 0 aliphatic heterocycles. The van der Waals surface area contributed by atoms with Crippen LogP contribution in [0.1, 0.15) is 5.69 Å². The van der Waals surface area contributed by atoms with E-state index in [4.69, 9.17) is 16.1 Å². The summed E-state index contributed by atoms with van der Waals surface area (Å²) in [6, 6.07) is 0.179. The molecule has 84 valence electrons. The predicted octanol–water partition coefficient (Wildman–Crippen LogP) is -1.68. The van der Waals surface area contributed by atoms with Crippen molar-refractivity contribution in [3.63, 3.8) is 0 Å². The molecule has 0 fully saturated rings. The first kappa shape index (κ1) is 11.7. The van der Waals surface area contributed by atoms with Crippen LogP contribution in [0.25, 0.3) is 0 Å². The maximum Gasteiger partial charge on any atom is 0.435 e. The molecular weight excluding hydrogens is 216 g/mol. The first-order valence-electron chi connectivity index (χ1n) is 4.16. The number of imidazole rings is 1. The summed E-state index contributed by atoms with van der Waals surface area (Å²) in [5.41, 5.74) is 5.62. The molecule has 1 atom stereocenters. The van der Waals surface area contributed by atoms with E-state index in [9.17, 15) is 9.59 Å². The highest BCUT2D eigenvalue weighted by Crippen LogP contribution is 1.98. The van der Waals surface area contributed by atoms with E-state index in [1.165, 1.54) is 12.3 Å². The van der Waals surface area contributed by atoms with Gasteiger partial charge >= 0.3 is 11.9 Å². The van der Waals surface area contributed by atoms with E-state index in [1.807, 2.05) is 0 Å². The van der Waals surface area contributed by atoms with Crippen molar-refractivity contribution in [2.75, 3.05) is 0 Å². The molecular formula is C8H8N4O4. The highest BCUT2D eigenvalue weighted by molar-refractivity contribution is 5.85. The van der Waals surface area contributed by atoms with E-state index in [0.29, 0.717) is 5.69 Å². The van der Waals surface area contributed by atoms with Crippen LogP contribution in [-0.2, 0) is 16.0 Å². The fourth-order valence-corrected chi connectivity index (χ4v) is 0.929. The molecule has 0 saturated heterocycles. The molecule has 0 aromatic carbocycles. The molecule has 16 heavy (non-hydrogen) atoms. The molecule has 0 saturated carbocycles. The number of nitrogens with zero attached hydrogens (tertiary/aromatic N) is 3. The number of aromatic nitrogens is 2. The first-order valence-corrected chi connectivity index (χ1v) is 4.16. The van der Waals surface area contributed by atoms with E-state index < -0.39 is 18.0 Å². The van der Waals surface area contributed by atoms with E-state index in [-0.39, 0.29) is 6.42 Å². The highest BCUT2D eigenvalue weighted by Gasteiger charge is 2.14. The van der Waals surface area contributed by atoms with Crippen molar-refractivity contribution in [2.24, 2.45) is 5.73 Å². The van der Waals surface area contributed by atoms with Gasteiger partial charge in [0.2, 0.25) is 0 Å². The fourth-order valence-electron chi connectivity index (χ4n) is 0.929. The first-order chi connectivity index (χ1) is 7.52. The lowest BCUT2D eigenvalue weighted by Gasteiger charge is -2.02. The highest BCUT2D eigenvalue weighted by atomic mass is 16.7. The molecule has 0 spiro atoms. The predicted molar refractivity (Wildman–Crippen MR) is 48.7 cm³/mol. The molecule has 0 bridgehead atoms. The van der Waals surface area contributed by atoms with Crippen molar-refractivity contribution >= 4 is 11.9 Å². The Morgan fingerprint density at radius 2 is 2.44 bits per heavy atom. The van der Waals surface area contributed by atoms with Crippen LogP contribution in [-0.4, -0.2) is 32.8 Å². The summed E-state index contributed by atoms with van der Waals surface area (Å²) < 4.78 is 0.912. The van der Waals surface area contributed by atoms with Crippen LogP contribution >= 0.6 is 0 Å². The van der Waals surface area contributed by atoms with Crippen molar-refractivity contribution in [2.45, 2.75) is 12.5 Å². The van der Waals surface area contributed by atoms with Crippen LogP contribution in [0.4, 0.5) is 0 Å². The lowest BCUT2D eigenvalue weighted by atomic mass is 10.2. The van der Waals surface area contributed by atoms with Crippen LogP contribution in [0, 0.1) is 11.3 Å². The molecule has 0 amide bonds. The Bertz CT molecular complexity index is 447. The summed E-state index contributed by atoms with van der Waals surface area (Å²) in [4.78, 5) is 29.2. The van der Waals surface area contributed by atoms with E-state index in [2.05, 4.69) is 9.82 Å². The molecule has 0 unspecified atom stereocenters. The monoisotopic (exact) mass is 224 g/mol. The van der Waals surface area contributed by atoms with Gasteiger partial charge in [0.25, 0.3) is 0 Å². The van der Waals surface area contributed by atoms with Crippen LogP contribution < -0.4 is 10.6 Å². The van der Waals surface area contributed by atoms with Gasteiger partial charge in [0.1, 0.15) is 12.4 Å². The van der Waals surface area contributed by atoms with Gasteiger partial charge in [-0.3, -0.25) is 4.79 Å². The molecule has 8 nitrogen and oxygen atoms in total. The van der Waals surface area contributed by atoms with E-state index >= 15 is 0 Å². The second kappa shape index (κ2) is 4.90. The zero-order valence-electron chi connectivity index (χ0n) is 8.03. The quantitative estimate of drug-likeness (QED) is 0.583. The molecule has 0 aliphatic carbocycles. The molecule has 0 aliphatic rings. The third-order valence-electron chi connectivity index (χ3n) is 1.64. The maximum atomic E-state index is 10.6. The maximum absolute atomic E-state index is 10.6. The second-order valence-electron chi connectivity index (χ2n) is 2.86. The number of carbonyl (C=O) groups excluding carboxylic acids is 1. The van der Waals surface area contributed by atoms with Crippen molar-refractivity contribution in [3.05, 3.63) is 18.2 Å². The average Bonchev–Trinajstić information content (AvgIpc) is 2.65. The second-order valence-corrected chi connectivity index (χ2v) is 2.86. The SMILES string of the molecule is N#CC(=O)On1cnc(C[C@H](N)C(=O)O)c1. The number of rotatable bonds is 4. The zero-order chi connectivity index (χ0) is 12.1. The smallest absolute Gasteiger partial charge is 0.435 e. The third kappa shape index (κ3) is 3.07. The van der Waals surface area contributed by atoms with E-state index in [1.54, 1.807) is 0 Å². The largest absolute Gasteiger partial charge is 0.480 e. The van der Waals surface area contributed by atoms with Gasteiger partial charge in [0, 0.05) is 6.42 Å². The topological polar surface area (TPSA) is 131 Å². The van der Waals surface area contributed by atoms with Gasteiger partial charge in [-0.1, -0.05) is 0 Å². The van der Waals surface area contributed by atoms with Gasteiger partial charge in [-0.15, -0.1) is 0 Å². The Balaban J connectivity index is 2.62. The number of carboxylic acids is 1. The number of aliphatic carboxylic acids is 1. The minimum Gasteiger partial charge on any atom is -0.480 e. The van der Waals surface area contributed by atoms with Gasteiger partial charge in [-0.2, -0.15) is 9.99 Å². The Kier molecular flexibility index (Phi) is 3.58. The van der Waals surface area contributed by atoms with Gasteiger partial charge in [-0.05, 0) is 0 Å². The number of hydrogen-bond acceptors (Lipinski definition) is 6. The minimum atomic E-state index is -1.15. The van der Waals surface area contributed by atoms with Crippen molar-refractivity contribution in [1.29, 1.82) is 5.26 Å². The van der Waals surface area contributed by atoms with Crippen LogP contribution in [0.3, 0.4) is 0 Å². The summed E-state index contributed by atoms with van der Waals surface area (Å²) in [6.45, 7) is 0.